The molecule has 0 heteroatoms. The minimum absolute atomic E-state index is 1.18. The summed E-state index contributed by atoms with van der Waals surface area (Å²) < 4.78 is 0. The molecule has 12 rings (SSSR count). The Balaban J connectivity index is 0.998. The predicted octanol–water partition coefficient (Wildman–Crippen LogP) is 18.0. The Bertz CT molecular complexity index is 3620. The molecule has 0 bridgehead atoms. The predicted molar refractivity (Wildman–Crippen MR) is 275 cm³/mol. The van der Waals surface area contributed by atoms with Gasteiger partial charge in [-0.15, -0.1) is 0 Å². The highest BCUT2D eigenvalue weighted by Gasteiger charge is 2.20. The summed E-state index contributed by atoms with van der Waals surface area (Å²) in [6.07, 6.45) is 0. The Kier molecular flexibility index (Phi) is 9.28. The van der Waals surface area contributed by atoms with Crippen LogP contribution in [0.1, 0.15) is 0 Å². The van der Waals surface area contributed by atoms with Gasteiger partial charge in [0, 0.05) is 0 Å². The van der Waals surface area contributed by atoms with Crippen LogP contribution in [0.4, 0.5) is 0 Å². The van der Waals surface area contributed by atoms with E-state index in [-0.39, 0.29) is 0 Å². The molecule has 0 atom stereocenters. The molecule has 0 radical (unpaired) electrons. The van der Waals surface area contributed by atoms with E-state index in [2.05, 4.69) is 255 Å². The maximum atomic E-state index is 2.43. The molecule has 0 fully saturated rings. The van der Waals surface area contributed by atoms with Gasteiger partial charge in [-0.1, -0.05) is 237 Å². The van der Waals surface area contributed by atoms with Gasteiger partial charge in [-0.2, -0.15) is 0 Å². The van der Waals surface area contributed by atoms with E-state index < -0.39 is 0 Å². The summed E-state index contributed by atoms with van der Waals surface area (Å²) in [5.74, 6) is 0. The first-order chi connectivity index (χ1) is 31.7. The number of hydrogen-bond donors (Lipinski definition) is 0. The van der Waals surface area contributed by atoms with E-state index in [0.717, 1.165) is 0 Å². The first kappa shape index (κ1) is 37.4. The van der Waals surface area contributed by atoms with Gasteiger partial charge in [0.1, 0.15) is 0 Å². The van der Waals surface area contributed by atoms with E-state index in [4.69, 9.17) is 0 Å². The zero-order chi connectivity index (χ0) is 42.4. The second-order valence-electron chi connectivity index (χ2n) is 16.8. The summed E-state index contributed by atoms with van der Waals surface area (Å²) in [7, 11) is 0. The maximum Gasteiger partial charge on any atom is -0.00199 e. The van der Waals surface area contributed by atoms with Crippen LogP contribution < -0.4 is 0 Å². The van der Waals surface area contributed by atoms with Crippen molar-refractivity contribution < 1.29 is 0 Å². The number of benzene rings is 12. The topological polar surface area (TPSA) is 0 Å². The monoisotopic (exact) mass is 810 g/mol. The van der Waals surface area contributed by atoms with Gasteiger partial charge >= 0.3 is 0 Å². The zero-order valence-electron chi connectivity index (χ0n) is 35.2. The van der Waals surface area contributed by atoms with Gasteiger partial charge in [0.15, 0.2) is 0 Å². The number of rotatable bonds is 7. The van der Waals surface area contributed by atoms with E-state index >= 15 is 0 Å². The lowest BCUT2D eigenvalue weighted by Crippen LogP contribution is -1.93. The SMILES string of the molecule is c1ccc(-c2ccc(-c3ccc(-c4ccc(-c5cccc(-c6cc7ccccc7c7ccccc67)c5)cc4)cc3-c3c4ccccc4c(-c4ccccc4)c4ccccc34)cc2)cc1. The van der Waals surface area contributed by atoms with E-state index in [1.54, 1.807) is 0 Å². The Labute approximate surface area is 374 Å². The number of fused-ring (bicyclic) bond motifs is 5. The van der Waals surface area contributed by atoms with Crippen molar-refractivity contribution >= 4 is 43.1 Å². The third kappa shape index (κ3) is 6.56. The van der Waals surface area contributed by atoms with Gasteiger partial charge in [0.2, 0.25) is 0 Å². The standard InChI is InChI=1S/C64H42/c1-3-16-43(17-4-1)44-34-36-47(37-35-44)54-39-38-50(41-62(54)64-59-28-13-11-26-57(59)63(48-18-5-2-6-19-48)58-27-12-14-29-60(58)64)46-32-30-45(31-33-46)49-21-15-22-51(40-49)61-42-52-20-7-8-23-53(52)55-24-9-10-25-56(55)61/h1-42H. The van der Waals surface area contributed by atoms with E-state index in [1.807, 2.05) is 0 Å². The lowest BCUT2D eigenvalue weighted by molar-refractivity contribution is 1.56. The van der Waals surface area contributed by atoms with Crippen LogP contribution in [-0.2, 0) is 0 Å². The molecule has 0 nitrogen and oxygen atoms in total. The van der Waals surface area contributed by atoms with Crippen LogP contribution in [0, 0.1) is 0 Å². The third-order valence-corrected chi connectivity index (χ3v) is 13.1. The molecular formula is C64H42. The lowest BCUT2D eigenvalue weighted by Gasteiger charge is -2.20. The molecule has 0 N–H and O–H groups in total. The van der Waals surface area contributed by atoms with Gasteiger partial charge in [-0.3, -0.25) is 0 Å². The fraction of sp³-hybridized carbons (Fsp3) is 0. The summed E-state index contributed by atoms with van der Waals surface area (Å²) in [5.41, 5.74) is 17.0. The van der Waals surface area contributed by atoms with Gasteiger partial charge in [0.25, 0.3) is 0 Å². The Morgan fingerprint density at radius 3 is 1.19 bits per heavy atom. The molecule has 0 saturated carbocycles. The first-order valence-corrected chi connectivity index (χ1v) is 22.2. The molecule has 12 aromatic carbocycles. The number of hydrogen-bond acceptors (Lipinski definition) is 0. The highest BCUT2D eigenvalue weighted by Crippen LogP contribution is 2.47. The summed E-state index contributed by atoms with van der Waals surface area (Å²) >= 11 is 0. The van der Waals surface area contributed by atoms with Crippen LogP contribution in [-0.4, -0.2) is 0 Å². The largest absolute Gasteiger partial charge is 0.0622 e. The van der Waals surface area contributed by atoms with Crippen molar-refractivity contribution in [3.63, 3.8) is 0 Å². The molecule has 0 aliphatic carbocycles. The molecule has 0 amide bonds. The average Bonchev–Trinajstić information content (AvgIpc) is 3.38. The lowest BCUT2D eigenvalue weighted by atomic mass is 9.82. The molecule has 298 valence electrons. The molecule has 0 saturated heterocycles. The van der Waals surface area contributed by atoms with Crippen molar-refractivity contribution in [3.05, 3.63) is 255 Å². The Morgan fingerprint density at radius 1 is 0.156 bits per heavy atom. The Hall–Kier alpha value is -8.32. The maximum absolute atomic E-state index is 2.43. The highest BCUT2D eigenvalue weighted by atomic mass is 14.2. The van der Waals surface area contributed by atoms with Crippen LogP contribution in [0.5, 0.6) is 0 Å². The van der Waals surface area contributed by atoms with Crippen molar-refractivity contribution in [1.29, 1.82) is 0 Å². The van der Waals surface area contributed by atoms with E-state index in [0.29, 0.717) is 0 Å². The zero-order valence-corrected chi connectivity index (χ0v) is 35.2. The molecule has 0 heterocycles. The summed E-state index contributed by atoms with van der Waals surface area (Å²) in [6.45, 7) is 0. The molecule has 0 unspecified atom stereocenters. The van der Waals surface area contributed by atoms with Crippen molar-refractivity contribution in [2.45, 2.75) is 0 Å². The first-order valence-electron chi connectivity index (χ1n) is 22.2. The molecule has 64 heavy (non-hydrogen) atoms. The van der Waals surface area contributed by atoms with Crippen LogP contribution in [0.3, 0.4) is 0 Å². The van der Waals surface area contributed by atoms with Crippen LogP contribution in [0.2, 0.25) is 0 Å². The highest BCUT2D eigenvalue weighted by molar-refractivity contribution is 6.22. The van der Waals surface area contributed by atoms with Gasteiger partial charge in [-0.05, 0) is 139 Å². The molecular weight excluding hydrogens is 769 g/mol. The Morgan fingerprint density at radius 2 is 0.562 bits per heavy atom. The summed E-state index contributed by atoms with van der Waals surface area (Å²) in [6, 6.07) is 93.5. The van der Waals surface area contributed by atoms with Gasteiger partial charge in [0.05, 0.1) is 0 Å². The molecule has 0 aliphatic heterocycles. The van der Waals surface area contributed by atoms with Crippen LogP contribution >= 0.6 is 0 Å². The van der Waals surface area contributed by atoms with E-state index in [9.17, 15) is 0 Å². The van der Waals surface area contributed by atoms with Crippen molar-refractivity contribution in [3.8, 4) is 77.9 Å². The third-order valence-electron chi connectivity index (χ3n) is 13.1. The average molecular weight is 811 g/mol. The van der Waals surface area contributed by atoms with E-state index in [1.165, 1.54) is 121 Å². The van der Waals surface area contributed by atoms with Gasteiger partial charge < -0.3 is 0 Å². The molecule has 0 aliphatic rings. The summed E-state index contributed by atoms with van der Waals surface area (Å²) in [4.78, 5) is 0. The minimum atomic E-state index is 1.18. The molecule has 0 aromatic heterocycles. The van der Waals surface area contributed by atoms with Crippen molar-refractivity contribution in [2.24, 2.45) is 0 Å². The fourth-order valence-corrected chi connectivity index (χ4v) is 10.0. The van der Waals surface area contributed by atoms with Crippen LogP contribution in [0.15, 0.2) is 255 Å². The second-order valence-corrected chi connectivity index (χ2v) is 16.8. The molecule has 12 aromatic rings. The normalized spacial score (nSPS) is 11.4. The smallest absolute Gasteiger partial charge is 0.00199 e. The molecule has 0 spiro atoms. The quantitative estimate of drug-likeness (QED) is 0.111. The van der Waals surface area contributed by atoms with Crippen LogP contribution in [0.25, 0.3) is 121 Å². The minimum Gasteiger partial charge on any atom is -0.0622 e. The van der Waals surface area contributed by atoms with Crippen molar-refractivity contribution in [1.82, 2.24) is 0 Å². The van der Waals surface area contributed by atoms with Gasteiger partial charge in [-0.25, -0.2) is 0 Å². The fourth-order valence-electron chi connectivity index (χ4n) is 10.0. The van der Waals surface area contributed by atoms with Crippen molar-refractivity contribution in [2.75, 3.05) is 0 Å². The second kappa shape index (κ2) is 15.9. The summed E-state index contributed by atoms with van der Waals surface area (Å²) in [5, 5.41) is 10.1.